The van der Waals surface area contributed by atoms with E-state index in [0.717, 1.165) is 15.7 Å². The molecule has 0 bridgehead atoms. The van der Waals surface area contributed by atoms with Gasteiger partial charge < -0.3 is 5.32 Å². The van der Waals surface area contributed by atoms with Crippen LogP contribution < -0.4 is 10.7 Å². The van der Waals surface area contributed by atoms with E-state index in [1.807, 2.05) is 60.8 Å². The zero-order valence-electron chi connectivity index (χ0n) is 17.8. The smallest absolute Gasteiger partial charge is 0.259 e. The van der Waals surface area contributed by atoms with Gasteiger partial charge in [0.05, 0.1) is 29.0 Å². The highest BCUT2D eigenvalue weighted by atomic mass is 79.9. The Labute approximate surface area is 209 Å². The van der Waals surface area contributed by atoms with E-state index in [-0.39, 0.29) is 6.54 Å². The number of aromatic nitrogens is 2. The average molecular weight is 537 g/mol. The number of carbonyl (C=O) groups excluding carboxylic acids is 2. The van der Waals surface area contributed by atoms with Crippen molar-refractivity contribution >= 4 is 45.6 Å². The van der Waals surface area contributed by atoms with Crippen LogP contribution in [0.25, 0.3) is 16.9 Å². The number of hydrogen-bond acceptors (Lipinski definition) is 4. The molecule has 0 radical (unpaired) electrons. The van der Waals surface area contributed by atoms with Gasteiger partial charge >= 0.3 is 0 Å². The fraction of sp³-hybridized carbons (Fsp3) is 0.0400. The summed E-state index contributed by atoms with van der Waals surface area (Å²) < 4.78 is 2.71. The molecule has 0 aliphatic carbocycles. The van der Waals surface area contributed by atoms with Crippen LogP contribution in [-0.2, 0) is 4.79 Å². The van der Waals surface area contributed by atoms with Crippen LogP contribution in [0.2, 0.25) is 5.02 Å². The van der Waals surface area contributed by atoms with E-state index in [4.69, 9.17) is 16.7 Å². The Morgan fingerprint density at radius 1 is 1.00 bits per heavy atom. The lowest BCUT2D eigenvalue weighted by molar-refractivity contribution is -0.120. The summed E-state index contributed by atoms with van der Waals surface area (Å²) in [6, 6.07) is 24.1. The molecule has 4 rings (SSSR count). The Morgan fingerprint density at radius 2 is 1.71 bits per heavy atom. The van der Waals surface area contributed by atoms with Gasteiger partial charge in [-0.25, -0.2) is 10.1 Å². The number of amides is 2. The monoisotopic (exact) mass is 535 g/mol. The number of nitrogens with zero attached hydrogens (tertiary/aromatic N) is 3. The molecule has 4 aromatic rings. The van der Waals surface area contributed by atoms with Gasteiger partial charge in [0.15, 0.2) is 0 Å². The molecule has 0 aliphatic heterocycles. The molecule has 2 N–H and O–H groups in total. The number of nitrogens with one attached hydrogen (secondary N) is 2. The molecule has 0 unspecified atom stereocenters. The third-order valence-electron chi connectivity index (χ3n) is 4.80. The zero-order chi connectivity index (χ0) is 23.9. The van der Waals surface area contributed by atoms with Gasteiger partial charge in [-0.3, -0.25) is 9.59 Å². The molecule has 2 amide bonds. The number of benzene rings is 3. The Kier molecular flexibility index (Phi) is 7.51. The lowest BCUT2D eigenvalue weighted by atomic mass is 10.1. The maximum atomic E-state index is 12.2. The Balaban J connectivity index is 1.46. The number of hydrogen-bond donors (Lipinski definition) is 2. The van der Waals surface area contributed by atoms with E-state index >= 15 is 0 Å². The average Bonchev–Trinajstić information content (AvgIpc) is 3.28. The van der Waals surface area contributed by atoms with Gasteiger partial charge in [0.25, 0.3) is 11.8 Å². The van der Waals surface area contributed by atoms with Gasteiger partial charge in [-0.15, -0.1) is 0 Å². The third-order valence-corrected chi connectivity index (χ3v) is 5.66. The van der Waals surface area contributed by atoms with E-state index < -0.39 is 11.8 Å². The summed E-state index contributed by atoms with van der Waals surface area (Å²) in [6.07, 6.45) is 3.36. The largest absolute Gasteiger partial charge is 0.343 e. The predicted octanol–water partition coefficient (Wildman–Crippen LogP) is 4.84. The molecule has 170 valence electrons. The van der Waals surface area contributed by atoms with Crippen LogP contribution in [0.4, 0.5) is 0 Å². The normalized spacial score (nSPS) is 10.9. The van der Waals surface area contributed by atoms with Crippen molar-refractivity contribution in [2.24, 2.45) is 5.10 Å². The minimum absolute atomic E-state index is 0.246. The lowest BCUT2D eigenvalue weighted by Gasteiger charge is -2.05. The molecule has 7 nitrogen and oxygen atoms in total. The second-order valence-electron chi connectivity index (χ2n) is 7.18. The minimum atomic E-state index is -0.475. The van der Waals surface area contributed by atoms with Crippen LogP contribution in [0.15, 0.2) is 94.6 Å². The number of carbonyl (C=O) groups is 2. The van der Waals surface area contributed by atoms with Gasteiger partial charge in [0.2, 0.25) is 0 Å². The van der Waals surface area contributed by atoms with Crippen molar-refractivity contribution < 1.29 is 9.59 Å². The first kappa shape index (κ1) is 23.4. The molecule has 0 saturated carbocycles. The second-order valence-corrected chi connectivity index (χ2v) is 8.50. The van der Waals surface area contributed by atoms with Gasteiger partial charge in [0.1, 0.15) is 5.69 Å². The van der Waals surface area contributed by atoms with Crippen LogP contribution in [0, 0.1) is 0 Å². The summed E-state index contributed by atoms with van der Waals surface area (Å²) in [4.78, 5) is 24.4. The van der Waals surface area contributed by atoms with E-state index in [0.29, 0.717) is 21.8 Å². The maximum absolute atomic E-state index is 12.2. The third kappa shape index (κ3) is 5.78. The van der Waals surface area contributed by atoms with E-state index in [2.05, 4.69) is 31.8 Å². The molecule has 0 saturated heterocycles. The molecular formula is C25H19BrClN5O2. The first-order chi connectivity index (χ1) is 16.5. The Morgan fingerprint density at radius 3 is 2.44 bits per heavy atom. The molecule has 34 heavy (non-hydrogen) atoms. The number of hydrazone groups is 1. The summed E-state index contributed by atoms with van der Waals surface area (Å²) in [5.41, 5.74) is 5.95. The second kappa shape index (κ2) is 10.9. The molecule has 9 heteroatoms. The zero-order valence-corrected chi connectivity index (χ0v) is 20.1. The van der Waals surface area contributed by atoms with Crippen LogP contribution in [0.3, 0.4) is 0 Å². The Hall–Kier alpha value is -3.75. The van der Waals surface area contributed by atoms with E-state index in [1.165, 1.54) is 6.21 Å². The molecule has 0 spiro atoms. The number of para-hydroxylation sites is 1. The summed E-state index contributed by atoms with van der Waals surface area (Å²) in [5.74, 6) is -0.913. The summed E-state index contributed by atoms with van der Waals surface area (Å²) in [7, 11) is 0. The van der Waals surface area contributed by atoms with Crippen LogP contribution >= 0.6 is 27.5 Å². The highest BCUT2D eigenvalue weighted by Crippen LogP contribution is 2.24. The molecule has 0 fully saturated rings. The van der Waals surface area contributed by atoms with E-state index in [1.54, 1.807) is 28.9 Å². The quantitative estimate of drug-likeness (QED) is 0.262. The summed E-state index contributed by atoms with van der Waals surface area (Å²) in [6.45, 7) is -0.246. The fourth-order valence-corrected chi connectivity index (χ4v) is 3.63. The SMILES string of the molecule is O=C(CNC(=O)c1ccccc1Cl)NN=Cc1cn(-c2ccccc2)nc1-c1ccc(Br)cc1. The van der Waals surface area contributed by atoms with Gasteiger partial charge in [-0.2, -0.15) is 10.2 Å². The topological polar surface area (TPSA) is 88.4 Å². The highest BCUT2D eigenvalue weighted by Gasteiger charge is 2.12. The van der Waals surface area contributed by atoms with Gasteiger partial charge in [-0.05, 0) is 36.4 Å². The first-order valence-electron chi connectivity index (χ1n) is 10.3. The van der Waals surface area contributed by atoms with Crippen LogP contribution in [-0.4, -0.2) is 34.4 Å². The molecular weight excluding hydrogens is 518 g/mol. The molecule has 1 aromatic heterocycles. The number of rotatable bonds is 7. The molecule has 0 aliphatic rings. The van der Waals surface area contributed by atoms with E-state index in [9.17, 15) is 9.59 Å². The van der Waals surface area contributed by atoms with Crippen molar-refractivity contribution in [3.05, 3.63) is 106 Å². The minimum Gasteiger partial charge on any atom is -0.343 e. The Bertz CT molecular complexity index is 1340. The predicted molar refractivity (Wildman–Crippen MR) is 136 cm³/mol. The van der Waals surface area contributed by atoms with Crippen molar-refractivity contribution in [1.82, 2.24) is 20.5 Å². The molecule has 0 atom stereocenters. The first-order valence-corrected chi connectivity index (χ1v) is 11.4. The standard InChI is InChI=1S/C25H19BrClN5O2/c26-19-12-10-17(11-13-19)24-18(16-32(31-24)20-6-2-1-3-7-20)14-29-30-23(33)15-28-25(34)21-8-4-5-9-22(21)27/h1-14,16H,15H2,(H,28,34)(H,30,33). The molecule has 1 heterocycles. The summed E-state index contributed by atoms with van der Waals surface area (Å²) in [5, 5.41) is 11.6. The van der Waals surface area contributed by atoms with Crippen molar-refractivity contribution in [2.75, 3.05) is 6.54 Å². The van der Waals surface area contributed by atoms with Crippen molar-refractivity contribution in [3.63, 3.8) is 0 Å². The lowest BCUT2D eigenvalue weighted by Crippen LogP contribution is -2.35. The fourth-order valence-electron chi connectivity index (χ4n) is 3.14. The van der Waals surface area contributed by atoms with Gasteiger partial charge in [0, 0.05) is 21.8 Å². The summed E-state index contributed by atoms with van der Waals surface area (Å²) >= 11 is 9.45. The van der Waals surface area contributed by atoms with Gasteiger partial charge in [-0.1, -0.05) is 70.0 Å². The van der Waals surface area contributed by atoms with Crippen molar-refractivity contribution in [1.29, 1.82) is 0 Å². The van der Waals surface area contributed by atoms with Crippen molar-refractivity contribution in [2.45, 2.75) is 0 Å². The molecule has 3 aromatic carbocycles. The van der Waals surface area contributed by atoms with Crippen LogP contribution in [0.1, 0.15) is 15.9 Å². The highest BCUT2D eigenvalue weighted by molar-refractivity contribution is 9.10. The van der Waals surface area contributed by atoms with Crippen molar-refractivity contribution in [3.8, 4) is 16.9 Å². The maximum Gasteiger partial charge on any atom is 0.259 e. The van der Waals surface area contributed by atoms with Crippen LogP contribution in [0.5, 0.6) is 0 Å². The number of halogens is 2.